The van der Waals surface area contributed by atoms with Gasteiger partial charge in [0.25, 0.3) is 5.56 Å². The molecular weight excluding hydrogens is 497 g/mol. The number of pyridine rings is 2. The van der Waals surface area contributed by atoms with Crippen LogP contribution in [0.15, 0.2) is 88.9 Å². The van der Waals surface area contributed by atoms with Crippen molar-refractivity contribution in [2.45, 2.75) is 20.0 Å². The molecule has 0 saturated heterocycles. The minimum Gasteiger partial charge on any atom is -0.311 e. The number of nitrogens with zero attached hydrogens (tertiary/aromatic N) is 3. The molecule has 0 unspecified atom stereocenters. The molecule has 2 aromatic carbocycles. The Morgan fingerprint density at radius 1 is 0.968 bits per heavy atom. The van der Waals surface area contributed by atoms with Gasteiger partial charge in [-0.15, -0.1) is 0 Å². The van der Waals surface area contributed by atoms with E-state index in [4.69, 9.17) is 4.99 Å². The van der Waals surface area contributed by atoms with Gasteiger partial charge < -0.3 is 4.57 Å². The number of fused-ring (bicyclic) bond motifs is 1. The average Bonchev–Trinajstić information content (AvgIpc) is 3.18. The van der Waals surface area contributed by atoms with Crippen molar-refractivity contribution < 1.29 is 0 Å². The molecule has 0 saturated carbocycles. The Labute approximate surface area is 194 Å². The van der Waals surface area contributed by atoms with Crippen LogP contribution in [0, 0.1) is 10.5 Å². The van der Waals surface area contributed by atoms with Gasteiger partial charge in [0, 0.05) is 38.9 Å². The van der Waals surface area contributed by atoms with E-state index in [1.165, 1.54) is 9.13 Å². The van der Waals surface area contributed by atoms with Gasteiger partial charge in [-0.05, 0) is 88.2 Å². The molecule has 0 fully saturated rings. The molecule has 5 heteroatoms. The molecular formula is C26H20IN3O. The fraction of sp³-hybridized carbons (Fsp3) is 0.115. The Kier molecular flexibility index (Phi) is 5.28. The summed E-state index contributed by atoms with van der Waals surface area (Å²) in [5, 5.41) is 0. The highest BCUT2D eigenvalue weighted by Crippen LogP contribution is 2.28. The van der Waals surface area contributed by atoms with E-state index in [-0.39, 0.29) is 5.56 Å². The normalized spacial score (nSPS) is 12.5. The average molecular weight is 517 g/mol. The van der Waals surface area contributed by atoms with E-state index >= 15 is 0 Å². The molecule has 0 atom stereocenters. The number of aryl methyl sites for hydroxylation is 1. The summed E-state index contributed by atoms with van der Waals surface area (Å²) in [4.78, 5) is 21.8. The second kappa shape index (κ2) is 8.23. The first-order chi connectivity index (χ1) is 15.1. The number of halogens is 1. The quantitative estimate of drug-likeness (QED) is 0.349. The zero-order valence-corrected chi connectivity index (χ0v) is 19.2. The summed E-state index contributed by atoms with van der Waals surface area (Å²) in [6.07, 6.45) is 3.70. The third-order valence-corrected chi connectivity index (χ3v) is 6.18. The van der Waals surface area contributed by atoms with E-state index in [1.807, 2.05) is 43.6 Å². The monoisotopic (exact) mass is 517 g/mol. The van der Waals surface area contributed by atoms with Gasteiger partial charge in [0.1, 0.15) is 0 Å². The number of hydrogen-bond donors (Lipinski definition) is 0. The van der Waals surface area contributed by atoms with E-state index in [0.717, 1.165) is 39.2 Å². The number of aliphatic imine (C=N–C) groups is 1. The molecule has 0 bridgehead atoms. The molecule has 0 amide bonds. The van der Waals surface area contributed by atoms with E-state index in [0.29, 0.717) is 13.1 Å². The maximum atomic E-state index is 12.8. The summed E-state index contributed by atoms with van der Waals surface area (Å²) in [7, 11) is 0. The van der Waals surface area contributed by atoms with E-state index in [1.54, 1.807) is 10.6 Å². The Morgan fingerprint density at radius 3 is 2.65 bits per heavy atom. The van der Waals surface area contributed by atoms with Gasteiger partial charge in [-0.2, -0.15) is 0 Å². The second-order valence-corrected chi connectivity index (χ2v) is 8.98. The first kappa shape index (κ1) is 19.9. The van der Waals surface area contributed by atoms with Crippen LogP contribution >= 0.6 is 22.6 Å². The van der Waals surface area contributed by atoms with Gasteiger partial charge in [0.05, 0.1) is 18.8 Å². The summed E-state index contributed by atoms with van der Waals surface area (Å²) < 4.78 is 2.91. The molecule has 4 nitrogen and oxygen atoms in total. The minimum atomic E-state index is -0.00416. The first-order valence-electron chi connectivity index (χ1n) is 10.1. The maximum Gasteiger partial charge on any atom is 0.251 e. The van der Waals surface area contributed by atoms with Crippen molar-refractivity contribution >= 4 is 28.3 Å². The summed E-state index contributed by atoms with van der Waals surface area (Å²) in [5.74, 6) is 0. The molecule has 0 aliphatic carbocycles. The van der Waals surface area contributed by atoms with Gasteiger partial charge >= 0.3 is 0 Å². The van der Waals surface area contributed by atoms with Gasteiger partial charge in [0.2, 0.25) is 0 Å². The van der Waals surface area contributed by atoms with Crippen molar-refractivity contribution in [1.82, 2.24) is 9.55 Å². The fourth-order valence-corrected chi connectivity index (χ4v) is 4.56. The van der Waals surface area contributed by atoms with Crippen molar-refractivity contribution in [1.29, 1.82) is 0 Å². The molecule has 4 aromatic rings. The number of benzene rings is 2. The highest BCUT2D eigenvalue weighted by molar-refractivity contribution is 14.1. The second-order valence-electron chi connectivity index (χ2n) is 7.73. The van der Waals surface area contributed by atoms with Crippen LogP contribution in [-0.4, -0.2) is 15.3 Å². The molecule has 2 aromatic heterocycles. The topological polar surface area (TPSA) is 47.2 Å². The van der Waals surface area contributed by atoms with Crippen molar-refractivity contribution in [2.24, 2.45) is 4.99 Å². The molecule has 5 rings (SSSR count). The summed E-state index contributed by atoms with van der Waals surface area (Å²) in [6, 6.07) is 22.4. The van der Waals surface area contributed by atoms with Crippen LogP contribution < -0.4 is 5.56 Å². The molecule has 0 spiro atoms. The molecule has 31 heavy (non-hydrogen) atoms. The van der Waals surface area contributed by atoms with Gasteiger partial charge in [0.15, 0.2) is 0 Å². The van der Waals surface area contributed by atoms with Gasteiger partial charge in [-0.1, -0.05) is 24.3 Å². The predicted octanol–water partition coefficient (Wildman–Crippen LogP) is 5.22. The lowest BCUT2D eigenvalue weighted by atomic mass is 9.96. The first-order valence-corrected chi connectivity index (χ1v) is 11.2. The Hall–Kier alpha value is -3.06. The molecule has 3 heterocycles. The van der Waals surface area contributed by atoms with Crippen LogP contribution in [-0.2, 0) is 13.1 Å². The van der Waals surface area contributed by atoms with Crippen molar-refractivity contribution in [3.8, 4) is 11.1 Å². The zero-order chi connectivity index (χ0) is 21.4. The number of aromatic nitrogens is 2. The summed E-state index contributed by atoms with van der Waals surface area (Å²) in [6.45, 7) is 3.24. The van der Waals surface area contributed by atoms with Gasteiger partial charge in [-0.25, -0.2) is 0 Å². The van der Waals surface area contributed by atoms with E-state index < -0.39 is 0 Å². The Morgan fingerprint density at radius 2 is 1.84 bits per heavy atom. The smallest absolute Gasteiger partial charge is 0.251 e. The minimum absolute atomic E-state index is 0.00416. The molecule has 1 aliphatic rings. The summed E-state index contributed by atoms with van der Waals surface area (Å²) >= 11 is 2.29. The molecule has 152 valence electrons. The Balaban J connectivity index is 1.47. The lowest BCUT2D eigenvalue weighted by molar-refractivity contribution is 0.760. The molecule has 1 aliphatic heterocycles. The van der Waals surface area contributed by atoms with Crippen LogP contribution in [0.3, 0.4) is 0 Å². The molecule has 0 N–H and O–H groups in total. The standard InChI is InChI=1S/C26H20IN3O/c1-17-11-21(7-9-28-17)26-24-13-19(5-6-22(24)15-29-26)20-8-10-30(25(31)14-20)16-18-3-2-4-23(27)12-18/h2-14H,15-16H2,1H3. The van der Waals surface area contributed by atoms with Crippen molar-refractivity contribution in [3.63, 3.8) is 0 Å². The number of hydrogen-bond acceptors (Lipinski definition) is 3. The Bertz CT molecular complexity index is 1390. The highest BCUT2D eigenvalue weighted by atomic mass is 127. The van der Waals surface area contributed by atoms with Crippen LogP contribution in [0.4, 0.5) is 0 Å². The molecule has 0 radical (unpaired) electrons. The predicted molar refractivity (Wildman–Crippen MR) is 133 cm³/mol. The zero-order valence-electron chi connectivity index (χ0n) is 17.0. The van der Waals surface area contributed by atoms with E-state index in [2.05, 4.69) is 64.0 Å². The van der Waals surface area contributed by atoms with Crippen LogP contribution in [0.1, 0.15) is 27.9 Å². The van der Waals surface area contributed by atoms with Crippen LogP contribution in [0.5, 0.6) is 0 Å². The number of rotatable bonds is 4. The van der Waals surface area contributed by atoms with Crippen LogP contribution in [0.2, 0.25) is 0 Å². The SMILES string of the molecule is Cc1cc(C2=NCc3ccc(-c4ccn(Cc5cccc(I)c5)c(=O)c4)cc32)ccn1. The third-order valence-electron chi connectivity index (χ3n) is 5.51. The van der Waals surface area contributed by atoms with Crippen molar-refractivity contribution in [2.75, 3.05) is 0 Å². The van der Waals surface area contributed by atoms with Crippen molar-refractivity contribution in [3.05, 3.63) is 121 Å². The van der Waals surface area contributed by atoms with Gasteiger partial charge in [-0.3, -0.25) is 14.8 Å². The lowest BCUT2D eigenvalue weighted by Gasteiger charge is -2.10. The lowest BCUT2D eigenvalue weighted by Crippen LogP contribution is -2.19. The fourth-order valence-electron chi connectivity index (χ4n) is 3.95. The third kappa shape index (κ3) is 4.10. The maximum absolute atomic E-state index is 12.8. The highest BCUT2D eigenvalue weighted by Gasteiger charge is 2.18. The summed E-state index contributed by atoms with van der Waals surface area (Å²) in [5.41, 5.74) is 8.45. The van der Waals surface area contributed by atoms with Crippen LogP contribution in [0.25, 0.3) is 11.1 Å². The van der Waals surface area contributed by atoms with E-state index in [9.17, 15) is 4.79 Å². The largest absolute Gasteiger partial charge is 0.311 e.